The number of hydrogen-bond donors (Lipinski definition) is 1. The van der Waals surface area contributed by atoms with E-state index in [1.165, 1.54) is 22.9 Å². The van der Waals surface area contributed by atoms with Gasteiger partial charge >= 0.3 is 6.36 Å². The third kappa shape index (κ3) is 5.08. The Hall–Kier alpha value is -4.15. The van der Waals surface area contributed by atoms with E-state index in [9.17, 15) is 22.8 Å². The number of benzene rings is 2. The normalized spacial score (nSPS) is 11.6. The fourth-order valence-electron chi connectivity index (χ4n) is 3.42. The first kappa shape index (κ1) is 23.0. The molecule has 0 unspecified atom stereocenters. The van der Waals surface area contributed by atoms with Crippen molar-refractivity contribution in [2.75, 3.05) is 5.32 Å². The number of hydrogen-bond acceptors (Lipinski definition) is 5. The van der Waals surface area contributed by atoms with Crippen LogP contribution in [0.5, 0.6) is 5.75 Å². The Kier molecular flexibility index (Phi) is 6.10. The van der Waals surface area contributed by atoms with E-state index in [1.807, 2.05) is 31.2 Å². The molecule has 4 aromatic rings. The van der Waals surface area contributed by atoms with Crippen LogP contribution in [0.1, 0.15) is 17.8 Å². The molecular weight excluding hydrogens is 451 g/mol. The summed E-state index contributed by atoms with van der Waals surface area (Å²) in [5, 5.41) is 7.21. The molecule has 0 spiro atoms. The number of nitrogens with one attached hydrogen (secondary N) is 1. The third-order valence-corrected chi connectivity index (χ3v) is 5.09. The molecule has 0 bridgehead atoms. The molecule has 0 saturated heterocycles. The van der Waals surface area contributed by atoms with E-state index >= 15 is 0 Å². The second kappa shape index (κ2) is 9.00. The first-order valence-corrected chi connectivity index (χ1v) is 10.3. The number of amides is 1. The van der Waals surface area contributed by atoms with Crippen LogP contribution in [0.15, 0.2) is 59.5 Å². The lowest BCUT2D eigenvalue weighted by molar-refractivity contribution is -0.274. The van der Waals surface area contributed by atoms with Gasteiger partial charge in [-0.1, -0.05) is 17.7 Å². The highest BCUT2D eigenvalue weighted by Gasteiger charge is 2.31. The summed E-state index contributed by atoms with van der Waals surface area (Å²) in [4.78, 5) is 29.9. The van der Waals surface area contributed by atoms with Gasteiger partial charge in [0.1, 0.15) is 17.0 Å². The Morgan fingerprint density at radius 1 is 1.06 bits per heavy atom. The van der Waals surface area contributed by atoms with Crippen LogP contribution in [0, 0.1) is 13.8 Å². The quantitative estimate of drug-likeness (QED) is 0.457. The van der Waals surface area contributed by atoms with Gasteiger partial charge in [0.25, 0.3) is 5.56 Å². The average molecular weight is 471 g/mol. The molecular formula is C23H20F3N5O3. The number of fused-ring (bicyclic) bond motifs is 1. The first-order valence-electron chi connectivity index (χ1n) is 10.3. The lowest BCUT2D eigenvalue weighted by Crippen LogP contribution is -2.26. The molecule has 4 rings (SSSR count). The van der Waals surface area contributed by atoms with Crippen molar-refractivity contribution in [1.29, 1.82) is 0 Å². The number of carbonyl (C=O) groups excluding carboxylic acids is 1. The van der Waals surface area contributed by atoms with Crippen LogP contribution >= 0.6 is 0 Å². The van der Waals surface area contributed by atoms with Crippen LogP contribution in [0.2, 0.25) is 0 Å². The van der Waals surface area contributed by atoms with Crippen molar-refractivity contribution < 1.29 is 22.7 Å². The van der Waals surface area contributed by atoms with Gasteiger partial charge < -0.3 is 10.1 Å². The maximum absolute atomic E-state index is 13.0. The minimum atomic E-state index is -4.79. The van der Waals surface area contributed by atoms with Gasteiger partial charge in [-0.3, -0.25) is 14.2 Å². The summed E-state index contributed by atoms with van der Waals surface area (Å²) >= 11 is 0. The molecule has 0 aliphatic heterocycles. The highest BCUT2D eigenvalue weighted by Crippen LogP contribution is 2.24. The van der Waals surface area contributed by atoms with Gasteiger partial charge in [-0.15, -0.1) is 13.2 Å². The molecule has 8 nitrogen and oxygen atoms in total. The molecule has 1 N–H and O–H groups in total. The number of anilines is 1. The van der Waals surface area contributed by atoms with Crippen molar-refractivity contribution in [2.45, 2.75) is 33.2 Å². The Morgan fingerprint density at radius 3 is 2.38 bits per heavy atom. The van der Waals surface area contributed by atoms with Gasteiger partial charge in [0.2, 0.25) is 5.91 Å². The molecule has 0 fully saturated rings. The molecule has 0 aliphatic rings. The molecule has 0 saturated carbocycles. The van der Waals surface area contributed by atoms with Crippen LogP contribution in [-0.4, -0.2) is 31.6 Å². The molecule has 0 atom stereocenters. The minimum absolute atomic E-state index is 0.0408. The number of aromatic nitrogens is 4. The van der Waals surface area contributed by atoms with Gasteiger partial charge in [-0.05, 0) is 50.2 Å². The van der Waals surface area contributed by atoms with E-state index in [1.54, 1.807) is 11.6 Å². The van der Waals surface area contributed by atoms with E-state index in [-0.39, 0.29) is 18.5 Å². The van der Waals surface area contributed by atoms with Gasteiger partial charge in [-0.2, -0.15) is 5.10 Å². The fraction of sp³-hybridized carbons (Fsp3) is 0.217. The highest BCUT2D eigenvalue weighted by molar-refractivity contribution is 5.90. The Labute approximate surface area is 191 Å². The largest absolute Gasteiger partial charge is 0.573 e. The van der Waals surface area contributed by atoms with E-state index < -0.39 is 18.0 Å². The summed E-state index contributed by atoms with van der Waals surface area (Å²) in [5.74, 6) is -0.378. The summed E-state index contributed by atoms with van der Waals surface area (Å²) in [6, 6.07) is 12.4. The monoisotopic (exact) mass is 471 g/mol. The third-order valence-electron chi connectivity index (χ3n) is 5.09. The van der Waals surface area contributed by atoms with Crippen molar-refractivity contribution in [3.05, 3.63) is 76.5 Å². The molecule has 0 aliphatic carbocycles. The second-order valence-corrected chi connectivity index (χ2v) is 7.62. The van der Waals surface area contributed by atoms with Crippen molar-refractivity contribution in [3.8, 4) is 11.4 Å². The standard InChI is InChI=1S/C23H20F3N5O3/c1-14-3-7-17(8-4-14)31-21-19(13-27-31)22(33)30(15(2)28-21)12-11-20(32)29-16-5-9-18(10-6-16)34-23(24,25)26/h3-10,13H,11-12H2,1-2H3,(H,29,32). The first-order chi connectivity index (χ1) is 16.1. The van der Waals surface area contributed by atoms with Crippen molar-refractivity contribution in [1.82, 2.24) is 19.3 Å². The second-order valence-electron chi connectivity index (χ2n) is 7.62. The topological polar surface area (TPSA) is 91.0 Å². The number of nitrogens with zero attached hydrogens (tertiary/aromatic N) is 4. The summed E-state index contributed by atoms with van der Waals surface area (Å²) in [5.41, 5.74) is 2.28. The number of alkyl halides is 3. The van der Waals surface area contributed by atoms with E-state index in [0.29, 0.717) is 22.5 Å². The maximum Gasteiger partial charge on any atom is 0.573 e. The SMILES string of the molecule is Cc1ccc(-n2ncc3c(=O)n(CCC(=O)Nc4ccc(OC(F)(F)F)cc4)c(C)nc32)cc1. The summed E-state index contributed by atoms with van der Waals surface area (Å²) in [6.45, 7) is 3.72. The van der Waals surface area contributed by atoms with Crippen LogP contribution in [0.25, 0.3) is 16.7 Å². The average Bonchev–Trinajstić information content (AvgIpc) is 3.18. The molecule has 0 radical (unpaired) electrons. The van der Waals surface area contributed by atoms with Crippen LogP contribution in [-0.2, 0) is 11.3 Å². The zero-order valence-electron chi connectivity index (χ0n) is 18.3. The van der Waals surface area contributed by atoms with Crippen molar-refractivity contribution >= 4 is 22.6 Å². The number of ether oxygens (including phenoxy) is 1. The number of carbonyl (C=O) groups is 1. The van der Waals surface area contributed by atoms with E-state index in [4.69, 9.17) is 0 Å². The number of halogens is 3. The van der Waals surface area contributed by atoms with Crippen molar-refractivity contribution in [3.63, 3.8) is 0 Å². The zero-order chi connectivity index (χ0) is 24.5. The Morgan fingerprint density at radius 2 is 1.74 bits per heavy atom. The van der Waals surface area contributed by atoms with Crippen LogP contribution in [0.3, 0.4) is 0 Å². The smallest absolute Gasteiger partial charge is 0.406 e. The van der Waals surface area contributed by atoms with Gasteiger partial charge in [0.05, 0.1) is 11.9 Å². The Bertz CT molecular complexity index is 1390. The van der Waals surface area contributed by atoms with E-state index in [2.05, 4.69) is 20.1 Å². The fourth-order valence-corrected chi connectivity index (χ4v) is 3.42. The molecule has 176 valence electrons. The molecule has 2 heterocycles. The lowest BCUT2D eigenvalue weighted by Gasteiger charge is -2.11. The zero-order valence-corrected chi connectivity index (χ0v) is 18.3. The molecule has 2 aromatic carbocycles. The summed E-state index contributed by atoms with van der Waals surface area (Å²) < 4.78 is 43.5. The lowest BCUT2D eigenvalue weighted by atomic mass is 10.2. The maximum atomic E-state index is 13.0. The molecule has 11 heteroatoms. The highest BCUT2D eigenvalue weighted by atomic mass is 19.4. The van der Waals surface area contributed by atoms with Gasteiger partial charge in [-0.25, -0.2) is 9.67 Å². The molecule has 1 amide bonds. The summed E-state index contributed by atoms with van der Waals surface area (Å²) in [6.07, 6.45) is -3.38. The molecule has 2 aromatic heterocycles. The van der Waals surface area contributed by atoms with E-state index in [0.717, 1.165) is 23.4 Å². The van der Waals surface area contributed by atoms with Gasteiger partial charge in [0, 0.05) is 18.7 Å². The van der Waals surface area contributed by atoms with Crippen LogP contribution < -0.4 is 15.6 Å². The number of aryl methyl sites for hydroxylation is 2. The predicted octanol–water partition coefficient (Wildman–Crippen LogP) is 4.13. The molecule has 34 heavy (non-hydrogen) atoms. The number of rotatable bonds is 6. The van der Waals surface area contributed by atoms with Crippen molar-refractivity contribution in [2.24, 2.45) is 0 Å². The minimum Gasteiger partial charge on any atom is -0.406 e. The Balaban J connectivity index is 1.46. The summed E-state index contributed by atoms with van der Waals surface area (Å²) in [7, 11) is 0. The van der Waals surface area contributed by atoms with Crippen LogP contribution in [0.4, 0.5) is 18.9 Å². The predicted molar refractivity (Wildman–Crippen MR) is 119 cm³/mol. The van der Waals surface area contributed by atoms with Gasteiger partial charge in [0.15, 0.2) is 5.65 Å².